The topological polar surface area (TPSA) is 38.3 Å². The van der Waals surface area contributed by atoms with Crippen LogP contribution in [0.1, 0.15) is 15.9 Å². The molecule has 0 saturated carbocycles. The van der Waals surface area contributed by atoms with Crippen molar-refractivity contribution in [1.29, 1.82) is 0 Å². The SMILES string of the molecule is COc1cc(Cl)c(C)cc1NC(=O)c1ccc(-c2ccccc2)cc1. The van der Waals surface area contributed by atoms with Gasteiger partial charge in [-0.05, 0) is 41.8 Å². The third-order valence-corrected chi connectivity index (χ3v) is 4.39. The fourth-order valence-corrected chi connectivity index (χ4v) is 2.72. The lowest BCUT2D eigenvalue weighted by molar-refractivity contribution is 0.102. The second-order valence-electron chi connectivity index (χ2n) is 5.70. The zero-order valence-electron chi connectivity index (χ0n) is 14.0. The number of anilines is 1. The molecular formula is C21H18ClNO2. The second kappa shape index (κ2) is 7.41. The average Bonchev–Trinajstić information content (AvgIpc) is 2.65. The van der Waals surface area contributed by atoms with Crippen molar-refractivity contribution < 1.29 is 9.53 Å². The van der Waals surface area contributed by atoms with E-state index in [0.29, 0.717) is 22.0 Å². The summed E-state index contributed by atoms with van der Waals surface area (Å²) in [5.74, 6) is 0.337. The highest BCUT2D eigenvalue weighted by molar-refractivity contribution is 6.31. The summed E-state index contributed by atoms with van der Waals surface area (Å²) in [6.45, 7) is 1.88. The fourth-order valence-electron chi connectivity index (χ4n) is 2.57. The molecule has 0 aliphatic rings. The number of ether oxygens (including phenoxy) is 1. The minimum Gasteiger partial charge on any atom is -0.495 e. The Labute approximate surface area is 152 Å². The van der Waals surface area contributed by atoms with E-state index < -0.39 is 0 Å². The molecular weight excluding hydrogens is 334 g/mol. The lowest BCUT2D eigenvalue weighted by Gasteiger charge is -2.12. The van der Waals surface area contributed by atoms with Crippen LogP contribution < -0.4 is 10.1 Å². The maximum Gasteiger partial charge on any atom is 0.255 e. The molecule has 0 atom stereocenters. The number of carbonyl (C=O) groups is 1. The summed E-state index contributed by atoms with van der Waals surface area (Å²) >= 11 is 6.10. The van der Waals surface area contributed by atoms with E-state index in [2.05, 4.69) is 5.32 Å². The quantitative estimate of drug-likeness (QED) is 0.666. The molecule has 25 heavy (non-hydrogen) atoms. The number of halogens is 1. The molecule has 3 rings (SSSR count). The van der Waals surface area contributed by atoms with Crippen LogP contribution in [-0.2, 0) is 0 Å². The first-order valence-electron chi connectivity index (χ1n) is 7.89. The molecule has 126 valence electrons. The molecule has 3 nitrogen and oxygen atoms in total. The number of hydrogen-bond acceptors (Lipinski definition) is 2. The van der Waals surface area contributed by atoms with Crippen molar-refractivity contribution in [3.63, 3.8) is 0 Å². The average molecular weight is 352 g/mol. The largest absolute Gasteiger partial charge is 0.495 e. The summed E-state index contributed by atoms with van der Waals surface area (Å²) in [5.41, 5.74) is 4.23. The highest BCUT2D eigenvalue weighted by Crippen LogP contribution is 2.31. The van der Waals surface area contributed by atoms with Crippen LogP contribution in [0.15, 0.2) is 66.7 Å². The minimum atomic E-state index is -0.195. The first-order valence-corrected chi connectivity index (χ1v) is 8.27. The van der Waals surface area contributed by atoms with Crippen molar-refractivity contribution in [2.75, 3.05) is 12.4 Å². The Bertz CT molecular complexity index is 890. The summed E-state index contributed by atoms with van der Waals surface area (Å²) in [4.78, 5) is 12.5. The first kappa shape index (κ1) is 17.1. The van der Waals surface area contributed by atoms with Gasteiger partial charge in [0.2, 0.25) is 0 Å². The molecule has 1 amide bonds. The van der Waals surface area contributed by atoms with Crippen LogP contribution in [0.25, 0.3) is 11.1 Å². The highest BCUT2D eigenvalue weighted by atomic mass is 35.5. The Kier molecular flexibility index (Phi) is 5.05. The number of benzene rings is 3. The number of nitrogens with one attached hydrogen (secondary N) is 1. The number of aryl methyl sites for hydroxylation is 1. The minimum absolute atomic E-state index is 0.195. The molecule has 0 saturated heterocycles. The lowest BCUT2D eigenvalue weighted by atomic mass is 10.0. The molecule has 1 N–H and O–H groups in total. The summed E-state index contributed by atoms with van der Waals surface area (Å²) in [5, 5.41) is 3.48. The van der Waals surface area contributed by atoms with Crippen LogP contribution in [0.3, 0.4) is 0 Å². The van der Waals surface area contributed by atoms with Crippen LogP contribution in [0, 0.1) is 6.92 Å². The van der Waals surface area contributed by atoms with E-state index in [1.807, 2.05) is 61.5 Å². The van der Waals surface area contributed by atoms with Gasteiger partial charge < -0.3 is 10.1 Å². The standard InChI is InChI=1S/C21H18ClNO2/c1-14-12-19(20(25-2)13-18(14)22)23-21(24)17-10-8-16(9-11-17)15-6-4-3-5-7-15/h3-13H,1-2H3,(H,23,24). The van der Waals surface area contributed by atoms with Gasteiger partial charge in [0.15, 0.2) is 0 Å². The van der Waals surface area contributed by atoms with Gasteiger partial charge >= 0.3 is 0 Å². The predicted molar refractivity (Wildman–Crippen MR) is 103 cm³/mol. The van der Waals surface area contributed by atoms with Crippen molar-refractivity contribution in [3.8, 4) is 16.9 Å². The fraction of sp³-hybridized carbons (Fsp3) is 0.0952. The molecule has 0 heterocycles. The van der Waals surface area contributed by atoms with Gasteiger partial charge in [-0.25, -0.2) is 0 Å². The van der Waals surface area contributed by atoms with E-state index in [0.717, 1.165) is 16.7 Å². The van der Waals surface area contributed by atoms with Crippen LogP contribution >= 0.6 is 11.6 Å². The highest BCUT2D eigenvalue weighted by Gasteiger charge is 2.12. The first-order chi connectivity index (χ1) is 12.1. The molecule has 0 fully saturated rings. The van der Waals surface area contributed by atoms with Crippen LogP contribution in [0.5, 0.6) is 5.75 Å². The normalized spacial score (nSPS) is 10.4. The van der Waals surface area contributed by atoms with Gasteiger partial charge in [0.1, 0.15) is 5.75 Å². The van der Waals surface area contributed by atoms with E-state index in [9.17, 15) is 4.79 Å². The Morgan fingerprint density at radius 2 is 1.60 bits per heavy atom. The maximum atomic E-state index is 12.5. The number of rotatable bonds is 4. The van der Waals surface area contributed by atoms with Crippen molar-refractivity contribution in [3.05, 3.63) is 82.9 Å². The summed E-state index contributed by atoms with van der Waals surface area (Å²) in [7, 11) is 1.55. The third-order valence-electron chi connectivity index (χ3n) is 3.98. The zero-order chi connectivity index (χ0) is 17.8. The molecule has 0 bridgehead atoms. The second-order valence-corrected chi connectivity index (χ2v) is 6.11. The Morgan fingerprint density at radius 3 is 2.24 bits per heavy atom. The molecule has 4 heteroatoms. The Morgan fingerprint density at radius 1 is 0.960 bits per heavy atom. The van der Waals surface area contributed by atoms with E-state index in [-0.39, 0.29) is 5.91 Å². The van der Waals surface area contributed by atoms with Gasteiger partial charge in [0, 0.05) is 16.7 Å². The number of hydrogen-bond donors (Lipinski definition) is 1. The van der Waals surface area contributed by atoms with Gasteiger partial charge in [0.05, 0.1) is 12.8 Å². The Hall–Kier alpha value is -2.78. The van der Waals surface area contributed by atoms with E-state index in [1.54, 1.807) is 19.2 Å². The maximum absolute atomic E-state index is 12.5. The van der Waals surface area contributed by atoms with Crippen LogP contribution in [-0.4, -0.2) is 13.0 Å². The predicted octanol–water partition coefficient (Wildman–Crippen LogP) is 5.58. The molecule has 0 aromatic heterocycles. The molecule has 3 aromatic carbocycles. The van der Waals surface area contributed by atoms with Gasteiger partial charge in [0.25, 0.3) is 5.91 Å². The molecule has 0 aliphatic heterocycles. The molecule has 0 radical (unpaired) electrons. The van der Waals surface area contributed by atoms with Crippen molar-refractivity contribution in [2.45, 2.75) is 6.92 Å². The zero-order valence-corrected chi connectivity index (χ0v) is 14.8. The molecule has 0 spiro atoms. The number of amides is 1. The molecule has 0 unspecified atom stereocenters. The number of carbonyl (C=O) groups excluding carboxylic acids is 1. The van der Waals surface area contributed by atoms with Gasteiger partial charge in [-0.15, -0.1) is 0 Å². The lowest BCUT2D eigenvalue weighted by Crippen LogP contribution is -2.12. The number of methoxy groups -OCH3 is 1. The van der Waals surface area contributed by atoms with Crippen molar-refractivity contribution in [1.82, 2.24) is 0 Å². The van der Waals surface area contributed by atoms with Gasteiger partial charge in [-0.3, -0.25) is 4.79 Å². The van der Waals surface area contributed by atoms with Crippen molar-refractivity contribution >= 4 is 23.2 Å². The van der Waals surface area contributed by atoms with E-state index in [4.69, 9.17) is 16.3 Å². The van der Waals surface area contributed by atoms with Gasteiger partial charge in [-0.1, -0.05) is 54.1 Å². The summed E-state index contributed by atoms with van der Waals surface area (Å²) in [6, 6.07) is 21.0. The van der Waals surface area contributed by atoms with Crippen LogP contribution in [0.2, 0.25) is 5.02 Å². The van der Waals surface area contributed by atoms with Gasteiger partial charge in [-0.2, -0.15) is 0 Å². The summed E-state index contributed by atoms with van der Waals surface area (Å²) in [6.07, 6.45) is 0. The summed E-state index contributed by atoms with van der Waals surface area (Å²) < 4.78 is 5.30. The van der Waals surface area contributed by atoms with Crippen LogP contribution in [0.4, 0.5) is 5.69 Å². The van der Waals surface area contributed by atoms with E-state index in [1.165, 1.54) is 0 Å². The van der Waals surface area contributed by atoms with Crippen molar-refractivity contribution in [2.24, 2.45) is 0 Å². The Balaban J connectivity index is 1.81. The molecule has 0 aliphatic carbocycles. The third kappa shape index (κ3) is 3.83. The van der Waals surface area contributed by atoms with E-state index >= 15 is 0 Å². The molecule has 3 aromatic rings. The monoisotopic (exact) mass is 351 g/mol. The smallest absolute Gasteiger partial charge is 0.255 e.